The Morgan fingerprint density at radius 2 is 1.19 bits per heavy atom. The van der Waals surface area contributed by atoms with Crippen molar-refractivity contribution in [1.82, 2.24) is 29.1 Å². The normalized spacial score (nSPS) is 11.5. The largest absolute Gasteiger partial charge is 0.327 e. The van der Waals surface area contributed by atoms with E-state index in [4.69, 9.17) is 4.98 Å². The van der Waals surface area contributed by atoms with E-state index in [1.807, 2.05) is 55.2 Å². The predicted octanol–water partition coefficient (Wildman–Crippen LogP) is 9.52. The van der Waals surface area contributed by atoms with Gasteiger partial charge in [-0.1, -0.05) is 42.5 Å². The molecule has 0 unspecified atom stereocenters. The molecular weight excluding hydrogens is 576 g/mol. The molecule has 0 amide bonds. The first-order valence-electron chi connectivity index (χ1n) is 15.6. The molecule has 4 aromatic carbocycles. The van der Waals surface area contributed by atoms with Gasteiger partial charge in [0.1, 0.15) is 5.82 Å². The van der Waals surface area contributed by atoms with Crippen molar-refractivity contribution in [2.45, 2.75) is 0 Å². The van der Waals surface area contributed by atoms with Gasteiger partial charge in [-0.2, -0.15) is 0 Å². The van der Waals surface area contributed by atoms with Crippen LogP contribution < -0.4 is 0 Å². The van der Waals surface area contributed by atoms with Crippen LogP contribution in [0.25, 0.3) is 83.4 Å². The number of aromatic nitrogens is 6. The first-order valence-corrected chi connectivity index (χ1v) is 15.6. The number of rotatable bonds is 5. The van der Waals surface area contributed by atoms with E-state index in [0.717, 1.165) is 72.7 Å². The highest BCUT2D eigenvalue weighted by Gasteiger charge is 2.18. The lowest BCUT2D eigenvalue weighted by atomic mass is 10.0. The predicted molar refractivity (Wildman–Crippen MR) is 190 cm³/mol. The summed E-state index contributed by atoms with van der Waals surface area (Å²) in [6, 6.07) is 42.7. The van der Waals surface area contributed by atoms with Gasteiger partial charge in [0.25, 0.3) is 0 Å². The number of hydrogen-bond acceptors (Lipinski definition) is 4. The molecule has 0 aliphatic rings. The Balaban J connectivity index is 1.26. The lowest BCUT2D eigenvalue weighted by molar-refractivity contribution is 0.959. The van der Waals surface area contributed by atoms with Crippen molar-refractivity contribution in [1.29, 1.82) is 0 Å². The molecule has 0 spiro atoms. The summed E-state index contributed by atoms with van der Waals surface area (Å²) in [5, 5.41) is 2.37. The van der Waals surface area contributed by atoms with Gasteiger partial charge in [-0.15, -0.1) is 0 Å². The van der Waals surface area contributed by atoms with Crippen molar-refractivity contribution in [3.8, 4) is 50.6 Å². The number of aryl methyl sites for hydroxylation is 1. The summed E-state index contributed by atoms with van der Waals surface area (Å²) in [5.74, 6) is 0.922. The molecule has 0 fully saturated rings. The fraction of sp³-hybridized carbons (Fsp3) is 0.0244. The molecule has 0 atom stereocenters. The maximum absolute atomic E-state index is 5.16. The van der Waals surface area contributed by atoms with Gasteiger partial charge in [-0.25, -0.2) is 4.98 Å². The summed E-state index contributed by atoms with van der Waals surface area (Å²) in [7, 11) is 2.09. The first-order chi connectivity index (χ1) is 23.2. The molecule has 0 radical (unpaired) electrons. The van der Waals surface area contributed by atoms with Crippen LogP contribution in [0.15, 0.2) is 152 Å². The van der Waals surface area contributed by atoms with E-state index >= 15 is 0 Å². The highest BCUT2D eigenvalue weighted by molar-refractivity contribution is 6.11. The van der Waals surface area contributed by atoms with Gasteiger partial charge in [0.15, 0.2) is 0 Å². The van der Waals surface area contributed by atoms with Gasteiger partial charge < -0.3 is 9.13 Å². The fourth-order valence-corrected chi connectivity index (χ4v) is 6.68. The molecule has 6 nitrogen and oxygen atoms in total. The molecule has 222 valence electrons. The van der Waals surface area contributed by atoms with E-state index in [2.05, 4.69) is 128 Å². The standard InChI is InChI=1S/C41H28N6/c1-46-39-13-10-30(28-16-21-43-22-17-28)25-37(39)45-41(46)32-8-11-34-35-24-29(27-14-19-42-20-15-27)9-12-38(35)47(40(34)26-32)33-6-4-5-31(23-33)36-7-2-3-18-44-36/h2-26H,1H3. The molecule has 47 heavy (non-hydrogen) atoms. The highest BCUT2D eigenvalue weighted by atomic mass is 15.1. The second-order valence-corrected chi connectivity index (χ2v) is 11.7. The van der Waals surface area contributed by atoms with E-state index in [1.165, 1.54) is 10.8 Å². The zero-order chi connectivity index (χ0) is 31.3. The van der Waals surface area contributed by atoms with Crippen molar-refractivity contribution < 1.29 is 0 Å². The first kappa shape index (κ1) is 27.0. The van der Waals surface area contributed by atoms with E-state index in [0.29, 0.717) is 0 Å². The lowest BCUT2D eigenvalue weighted by Gasteiger charge is -2.11. The Morgan fingerprint density at radius 3 is 1.94 bits per heavy atom. The average Bonchev–Trinajstić information content (AvgIpc) is 3.66. The van der Waals surface area contributed by atoms with Crippen molar-refractivity contribution in [2.75, 3.05) is 0 Å². The van der Waals surface area contributed by atoms with Gasteiger partial charge >= 0.3 is 0 Å². The van der Waals surface area contributed by atoms with Crippen molar-refractivity contribution in [3.05, 3.63) is 152 Å². The van der Waals surface area contributed by atoms with Crippen molar-refractivity contribution in [2.24, 2.45) is 7.05 Å². The molecule has 0 saturated heterocycles. The Labute approximate surface area is 271 Å². The Morgan fingerprint density at radius 1 is 0.468 bits per heavy atom. The summed E-state index contributed by atoms with van der Waals surface area (Å²) >= 11 is 0. The smallest absolute Gasteiger partial charge is 0.140 e. The number of imidazole rings is 1. The molecule has 0 bridgehead atoms. The topological polar surface area (TPSA) is 61.4 Å². The molecule has 0 aliphatic carbocycles. The third-order valence-electron chi connectivity index (χ3n) is 9.00. The number of pyridine rings is 3. The molecule has 9 rings (SSSR count). The number of nitrogens with zero attached hydrogens (tertiary/aromatic N) is 6. The van der Waals surface area contributed by atoms with E-state index in [-0.39, 0.29) is 0 Å². The van der Waals surface area contributed by atoms with Gasteiger partial charge in [0, 0.05) is 65.6 Å². The molecular formula is C41H28N6. The number of benzene rings is 4. The molecule has 9 aromatic rings. The van der Waals surface area contributed by atoms with Gasteiger partial charge in [-0.05, 0) is 101 Å². The molecule has 0 aliphatic heterocycles. The zero-order valence-electron chi connectivity index (χ0n) is 25.6. The minimum atomic E-state index is 0.922. The van der Waals surface area contributed by atoms with Crippen LogP contribution in [0, 0.1) is 0 Å². The maximum atomic E-state index is 5.16. The Bertz CT molecular complexity index is 2570. The Hall–Kier alpha value is -6.40. The van der Waals surface area contributed by atoms with Crippen LogP contribution in [0.1, 0.15) is 0 Å². The maximum Gasteiger partial charge on any atom is 0.140 e. The monoisotopic (exact) mass is 604 g/mol. The summed E-state index contributed by atoms with van der Waals surface area (Å²) in [6.07, 6.45) is 9.17. The van der Waals surface area contributed by atoms with Gasteiger partial charge in [0.2, 0.25) is 0 Å². The van der Waals surface area contributed by atoms with Crippen molar-refractivity contribution in [3.63, 3.8) is 0 Å². The van der Waals surface area contributed by atoms with Crippen LogP contribution in [0.3, 0.4) is 0 Å². The van der Waals surface area contributed by atoms with E-state index < -0.39 is 0 Å². The molecule has 5 aromatic heterocycles. The second-order valence-electron chi connectivity index (χ2n) is 11.7. The molecule has 0 saturated carbocycles. The van der Waals surface area contributed by atoms with Crippen LogP contribution >= 0.6 is 0 Å². The summed E-state index contributed by atoms with van der Waals surface area (Å²) in [5.41, 5.74) is 13.0. The summed E-state index contributed by atoms with van der Waals surface area (Å²) < 4.78 is 4.55. The third kappa shape index (κ3) is 4.58. The van der Waals surface area contributed by atoms with Gasteiger partial charge in [-0.3, -0.25) is 15.0 Å². The lowest BCUT2D eigenvalue weighted by Crippen LogP contribution is -1.96. The number of hydrogen-bond donors (Lipinski definition) is 0. The summed E-state index contributed by atoms with van der Waals surface area (Å²) in [6.45, 7) is 0. The van der Waals surface area contributed by atoms with Gasteiger partial charge in [0.05, 0.1) is 27.8 Å². The SMILES string of the molecule is Cn1c(-c2ccc3c4cc(-c5ccncc5)ccc4n(-c4cccc(-c5ccccn5)c4)c3c2)nc2cc(-c3ccncc3)ccc21. The van der Waals surface area contributed by atoms with E-state index in [1.54, 1.807) is 0 Å². The van der Waals surface area contributed by atoms with E-state index in [9.17, 15) is 0 Å². The van der Waals surface area contributed by atoms with Crippen LogP contribution in [0.2, 0.25) is 0 Å². The van der Waals surface area contributed by atoms with Crippen LogP contribution in [-0.2, 0) is 7.05 Å². The number of fused-ring (bicyclic) bond motifs is 4. The average molecular weight is 605 g/mol. The third-order valence-corrected chi connectivity index (χ3v) is 9.00. The minimum Gasteiger partial charge on any atom is -0.327 e. The fourth-order valence-electron chi connectivity index (χ4n) is 6.68. The molecule has 6 heteroatoms. The highest BCUT2D eigenvalue weighted by Crippen LogP contribution is 2.38. The van der Waals surface area contributed by atoms with Crippen LogP contribution in [0.4, 0.5) is 0 Å². The van der Waals surface area contributed by atoms with Crippen molar-refractivity contribution >= 4 is 32.8 Å². The van der Waals surface area contributed by atoms with Crippen LogP contribution in [-0.4, -0.2) is 29.1 Å². The summed E-state index contributed by atoms with van der Waals surface area (Å²) in [4.78, 5) is 18.2. The zero-order valence-corrected chi connectivity index (χ0v) is 25.6. The minimum absolute atomic E-state index is 0.922. The molecule has 0 N–H and O–H groups in total. The van der Waals surface area contributed by atoms with Crippen LogP contribution in [0.5, 0.6) is 0 Å². The second kappa shape index (κ2) is 10.9. The Kier molecular flexibility index (Phi) is 6.25. The molecule has 5 heterocycles. The quantitative estimate of drug-likeness (QED) is 0.196.